The quantitative estimate of drug-likeness (QED) is 0.307. The third kappa shape index (κ3) is 12.5. The summed E-state index contributed by atoms with van der Waals surface area (Å²) in [5, 5.41) is 9.01. The third-order valence-electron chi connectivity index (χ3n) is 1.13. The number of hydrogen-bond donors (Lipinski definition) is 1. The largest absolute Gasteiger partial charge is 1.00 e. The zero-order valence-electron chi connectivity index (χ0n) is 12.2. The number of ether oxygens (including phenoxy) is 2. The Kier molecular flexibility index (Phi) is 15.0. The van der Waals surface area contributed by atoms with E-state index in [9.17, 15) is 19.2 Å². The fourth-order valence-corrected chi connectivity index (χ4v) is 0.653. The molecule has 0 rings (SSSR count). The molecule has 0 amide bonds. The molecule has 0 aliphatic rings. The number of aliphatic hydroxyl groups is 1. The molecule has 0 radical (unpaired) electrons. The van der Waals surface area contributed by atoms with E-state index < -0.39 is 36.4 Å². The molecule has 17 heavy (non-hydrogen) atoms. The molecule has 0 heterocycles. The van der Waals surface area contributed by atoms with Crippen molar-refractivity contribution in [2.45, 2.75) is 26.4 Å². The van der Waals surface area contributed by atoms with E-state index in [4.69, 9.17) is 5.11 Å². The summed E-state index contributed by atoms with van der Waals surface area (Å²) in [4.78, 5) is 42.1. The van der Waals surface area contributed by atoms with Crippen molar-refractivity contribution in [3.05, 3.63) is 0 Å². The third-order valence-corrected chi connectivity index (χ3v) is 1.13. The second kappa shape index (κ2) is 11.3. The van der Waals surface area contributed by atoms with Gasteiger partial charge in [-0.25, -0.2) is 4.79 Å². The molecular weight excluding hydrogens is 254 g/mol. The maximum absolute atomic E-state index is 10.8. The van der Waals surface area contributed by atoms with Crippen molar-refractivity contribution in [2.75, 3.05) is 0 Å². The second-order valence-corrected chi connectivity index (χ2v) is 2.60. The van der Waals surface area contributed by atoms with Gasteiger partial charge in [0.1, 0.15) is 0 Å². The van der Waals surface area contributed by atoms with E-state index in [0.29, 0.717) is 0 Å². The summed E-state index contributed by atoms with van der Waals surface area (Å²) in [6.07, 6.45) is -2.56. The number of rotatable bonds is 3. The second-order valence-electron chi connectivity index (χ2n) is 2.60. The molecule has 0 aromatic rings. The Bertz CT molecular complexity index is 311. The van der Waals surface area contributed by atoms with Crippen LogP contribution in [0.4, 0.5) is 0 Å². The number of aliphatic hydroxyl groups excluding tert-OH is 1. The van der Waals surface area contributed by atoms with Crippen molar-refractivity contribution < 1.29 is 95.7 Å². The SMILES string of the molecule is CC(=O)OC(=O)CC(O)C(=O)OC(C)=O.[H-].[H-].[Na+].[Na+]. The molecule has 0 aliphatic heterocycles. The van der Waals surface area contributed by atoms with Crippen molar-refractivity contribution in [1.82, 2.24) is 0 Å². The minimum atomic E-state index is -1.82. The Morgan fingerprint density at radius 2 is 1.47 bits per heavy atom. The maximum atomic E-state index is 10.8. The molecular formula is C8H12Na2O7. The van der Waals surface area contributed by atoms with Crippen LogP contribution in [0.1, 0.15) is 23.1 Å². The van der Waals surface area contributed by atoms with Crippen molar-refractivity contribution in [1.29, 1.82) is 0 Å². The van der Waals surface area contributed by atoms with Crippen molar-refractivity contribution >= 4 is 23.9 Å². The van der Waals surface area contributed by atoms with E-state index in [1.807, 2.05) is 0 Å². The van der Waals surface area contributed by atoms with Gasteiger partial charge in [-0.15, -0.1) is 0 Å². The van der Waals surface area contributed by atoms with E-state index in [2.05, 4.69) is 9.47 Å². The van der Waals surface area contributed by atoms with Crippen LogP contribution < -0.4 is 59.1 Å². The van der Waals surface area contributed by atoms with Gasteiger partial charge in [-0.05, 0) is 0 Å². The van der Waals surface area contributed by atoms with E-state index in [1.165, 1.54) is 0 Å². The summed E-state index contributed by atoms with van der Waals surface area (Å²) in [6, 6.07) is 0. The number of carbonyl (C=O) groups is 4. The van der Waals surface area contributed by atoms with Gasteiger partial charge < -0.3 is 17.4 Å². The fraction of sp³-hybridized carbons (Fsp3) is 0.500. The Labute approximate surface area is 145 Å². The van der Waals surface area contributed by atoms with Gasteiger partial charge in [-0.1, -0.05) is 0 Å². The molecule has 0 spiro atoms. The number of esters is 4. The first-order valence-corrected chi connectivity index (χ1v) is 3.94. The van der Waals surface area contributed by atoms with Crippen LogP contribution in [0.2, 0.25) is 0 Å². The minimum Gasteiger partial charge on any atom is -1.00 e. The van der Waals surface area contributed by atoms with E-state index >= 15 is 0 Å². The monoisotopic (exact) mass is 266 g/mol. The fourth-order valence-electron chi connectivity index (χ4n) is 0.653. The first-order chi connectivity index (χ1) is 6.82. The van der Waals surface area contributed by atoms with Gasteiger partial charge in [0.25, 0.3) is 0 Å². The van der Waals surface area contributed by atoms with Gasteiger partial charge in [0.15, 0.2) is 6.10 Å². The van der Waals surface area contributed by atoms with Gasteiger partial charge in [0.05, 0.1) is 6.42 Å². The molecule has 0 aliphatic carbocycles. The van der Waals surface area contributed by atoms with E-state index in [0.717, 1.165) is 13.8 Å². The first kappa shape index (κ1) is 22.4. The molecule has 0 bridgehead atoms. The van der Waals surface area contributed by atoms with E-state index in [1.54, 1.807) is 0 Å². The van der Waals surface area contributed by atoms with Crippen LogP contribution in [-0.2, 0) is 28.7 Å². The van der Waals surface area contributed by atoms with Crippen LogP contribution in [0.15, 0.2) is 0 Å². The molecule has 0 fully saturated rings. The molecule has 9 heteroatoms. The Balaban J connectivity index is -0.000000163. The van der Waals surface area contributed by atoms with Crippen LogP contribution in [0.25, 0.3) is 0 Å². The summed E-state index contributed by atoms with van der Waals surface area (Å²) < 4.78 is 8.04. The first-order valence-electron chi connectivity index (χ1n) is 3.94. The van der Waals surface area contributed by atoms with Crippen LogP contribution in [-0.4, -0.2) is 35.1 Å². The van der Waals surface area contributed by atoms with Crippen LogP contribution >= 0.6 is 0 Å². The molecule has 0 aromatic heterocycles. The molecule has 0 saturated heterocycles. The van der Waals surface area contributed by atoms with Crippen LogP contribution in [0.3, 0.4) is 0 Å². The zero-order chi connectivity index (χ0) is 12.0. The molecule has 7 nitrogen and oxygen atoms in total. The van der Waals surface area contributed by atoms with Crippen molar-refractivity contribution in [3.63, 3.8) is 0 Å². The summed E-state index contributed by atoms with van der Waals surface area (Å²) in [5.74, 6) is -4.09. The smallest absolute Gasteiger partial charge is 1.00 e. The molecule has 1 unspecified atom stereocenters. The predicted octanol–water partition coefficient (Wildman–Crippen LogP) is -6.85. The Hall–Kier alpha value is 0.240. The maximum Gasteiger partial charge on any atom is 1.00 e. The summed E-state index contributed by atoms with van der Waals surface area (Å²) in [6.45, 7) is 1.97. The van der Waals surface area contributed by atoms with Gasteiger partial charge in [0, 0.05) is 13.8 Å². The molecule has 0 saturated carbocycles. The van der Waals surface area contributed by atoms with Crippen LogP contribution in [0.5, 0.6) is 0 Å². The van der Waals surface area contributed by atoms with Gasteiger partial charge in [0.2, 0.25) is 0 Å². The van der Waals surface area contributed by atoms with Gasteiger partial charge in [-0.2, -0.15) is 0 Å². The van der Waals surface area contributed by atoms with Gasteiger partial charge in [-0.3, -0.25) is 14.4 Å². The predicted molar refractivity (Wildman–Crippen MR) is 46.4 cm³/mol. The van der Waals surface area contributed by atoms with E-state index in [-0.39, 0.29) is 62.0 Å². The number of carbonyl (C=O) groups excluding carboxylic acids is 4. The van der Waals surface area contributed by atoms with Crippen molar-refractivity contribution in [3.8, 4) is 0 Å². The Morgan fingerprint density at radius 3 is 1.82 bits per heavy atom. The average molecular weight is 266 g/mol. The summed E-state index contributed by atoms with van der Waals surface area (Å²) >= 11 is 0. The molecule has 88 valence electrons. The summed E-state index contributed by atoms with van der Waals surface area (Å²) in [7, 11) is 0. The summed E-state index contributed by atoms with van der Waals surface area (Å²) in [5.41, 5.74) is 0. The topological polar surface area (TPSA) is 107 Å². The molecule has 1 N–H and O–H groups in total. The van der Waals surface area contributed by atoms with Crippen LogP contribution in [0, 0.1) is 0 Å². The minimum absolute atomic E-state index is 0. The van der Waals surface area contributed by atoms with Gasteiger partial charge >= 0.3 is 83.0 Å². The Morgan fingerprint density at radius 1 is 1.06 bits per heavy atom. The normalized spacial score (nSPS) is 10.1. The van der Waals surface area contributed by atoms with Crippen molar-refractivity contribution in [2.24, 2.45) is 0 Å². The molecule has 0 aromatic carbocycles. The zero-order valence-corrected chi connectivity index (χ0v) is 14.2. The average Bonchev–Trinajstić information content (AvgIpc) is 2.00. The standard InChI is InChI=1S/C8H10O7.2Na.2H/c1-4(9)14-7(12)3-6(11)8(13)15-5(2)10;;;;/h6,11H,3H2,1-2H3;;;;/q;2*+1;2*-1. The molecule has 1 atom stereocenters. The number of hydrogen-bond acceptors (Lipinski definition) is 7.